The van der Waals surface area contributed by atoms with Crippen molar-refractivity contribution in [3.05, 3.63) is 29.6 Å². The van der Waals surface area contributed by atoms with Crippen molar-refractivity contribution in [1.82, 2.24) is 4.90 Å². The van der Waals surface area contributed by atoms with Crippen LogP contribution in [0.5, 0.6) is 0 Å². The Morgan fingerprint density at radius 2 is 2.16 bits per heavy atom. The summed E-state index contributed by atoms with van der Waals surface area (Å²) < 4.78 is 18.4. The molecule has 0 aromatic heterocycles. The molecule has 0 bridgehead atoms. The molecule has 1 fully saturated rings. The summed E-state index contributed by atoms with van der Waals surface area (Å²) in [7, 11) is 1.78. The molecule has 5 heteroatoms. The summed E-state index contributed by atoms with van der Waals surface area (Å²) in [5.41, 5.74) is 0.473. The van der Waals surface area contributed by atoms with Gasteiger partial charge in [0.15, 0.2) is 0 Å². The third-order valence-corrected chi connectivity index (χ3v) is 3.76. The average Bonchev–Trinajstić information content (AvgIpc) is 2.42. The van der Waals surface area contributed by atoms with E-state index in [4.69, 9.17) is 4.74 Å². The van der Waals surface area contributed by atoms with Gasteiger partial charge in [0.2, 0.25) is 0 Å². The van der Waals surface area contributed by atoms with E-state index >= 15 is 0 Å². The molecule has 1 saturated heterocycles. The third-order valence-electron chi connectivity index (χ3n) is 3.41. The van der Waals surface area contributed by atoms with Gasteiger partial charge in [0.25, 0.3) is 5.91 Å². The molecule has 1 aliphatic rings. The predicted molar refractivity (Wildman–Crippen MR) is 74.2 cm³/mol. The van der Waals surface area contributed by atoms with Crippen LogP contribution < -0.4 is 0 Å². The number of ether oxygens (including phenoxy) is 1. The fourth-order valence-electron chi connectivity index (χ4n) is 2.27. The Morgan fingerprint density at radius 1 is 1.47 bits per heavy atom. The van der Waals surface area contributed by atoms with Crippen LogP contribution >= 0.6 is 12.6 Å². The second-order valence-corrected chi connectivity index (χ2v) is 5.39. The fraction of sp³-hybridized carbons (Fsp3) is 0.500. The Hall–Kier alpha value is -1.07. The number of halogens is 1. The Morgan fingerprint density at radius 3 is 2.79 bits per heavy atom. The van der Waals surface area contributed by atoms with E-state index in [1.165, 1.54) is 18.2 Å². The van der Waals surface area contributed by atoms with Crippen molar-refractivity contribution < 1.29 is 13.9 Å². The largest absolute Gasteiger partial charge is 0.381 e. The molecule has 1 aromatic carbocycles. The van der Waals surface area contributed by atoms with Gasteiger partial charge in [-0.05, 0) is 37.0 Å². The first-order valence-electron chi connectivity index (χ1n) is 6.39. The minimum Gasteiger partial charge on any atom is -0.381 e. The number of carbonyl (C=O) groups is 1. The van der Waals surface area contributed by atoms with Gasteiger partial charge >= 0.3 is 0 Å². The fourth-order valence-corrected chi connectivity index (χ4v) is 2.48. The molecule has 3 nitrogen and oxygen atoms in total. The van der Waals surface area contributed by atoms with Crippen molar-refractivity contribution in [3.8, 4) is 0 Å². The van der Waals surface area contributed by atoms with Crippen LogP contribution in [-0.4, -0.2) is 37.6 Å². The number of carbonyl (C=O) groups excluding carboxylic acids is 1. The molecule has 0 spiro atoms. The Balaban J connectivity index is 1.99. The topological polar surface area (TPSA) is 29.5 Å². The SMILES string of the molecule is CN(CC1CCOCC1)C(=O)c1ccc(F)c(S)c1. The summed E-state index contributed by atoms with van der Waals surface area (Å²) >= 11 is 4.00. The van der Waals surface area contributed by atoms with E-state index < -0.39 is 5.82 Å². The van der Waals surface area contributed by atoms with E-state index in [0.29, 0.717) is 18.0 Å². The normalized spacial score (nSPS) is 16.4. The Labute approximate surface area is 118 Å². The first-order chi connectivity index (χ1) is 9.08. The van der Waals surface area contributed by atoms with Gasteiger partial charge in [0.1, 0.15) is 5.82 Å². The number of hydrogen-bond acceptors (Lipinski definition) is 3. The second kappa shape index (κ2) is 6.39. The van der Waals surface area contributed by atoms with Crippen molar-refractivity contribution in [2.45, 2.75) is 17.7 Å². The Kier molecular flexibility index (Phi) is 4.82. The molecular weight excluding hydrogens is 265 g/mol. The van der Waals surface area contributed by atoms with Crippen molar-refractivity contribution in [1.29, 1.82) is 0 Å². The van der Waals surface area contributed by atoms with Crippen LogP contribution in [0.3, 0.4) is 0 Å². The molecule has 0 radical (unpaired) electrons. The van der Waals surface area contributed by atoms with E-state index in [1.807, 2.05) is 0 Å². The number of amides is 1. The van der Waals surface area contributed by atoms with Gasteiger partial charge in [0, 0.05) is 37.3 Å². The second-order valence-electron chi connectivity index (χ2n) is 4.91. The molecule has 0 atom stereocenters. The minimum atomic E-state index is -0.410. The molecule has 104 valence electrons. The van der Waals surface area contributed by atoms with Crippen LogP contribution in [0.25, 0.3) is 0 Å². The molecule has 2 rings (SSSR count). The molecule has 0 unspecified atom stereocenters. The van der Waals surface area contributed by atoms with Crippen LogP contribution in [-0.2, 0) is 4.74 Å². The minimum absolute atomic E-state index is 0.0956. The quantitative estimate of drug-likeness (QED) is 0.864. The first kappa shape index (κ1) is 14.3. The van der Waals surface area contributed by atoms with Gasteiger partial charge < -0.3 is 9.64 Å². The summed E-state index contributed by atoms with van der Waals surface area (Å²) in [6.07, 6.45) is 1.97. The highest BCUT2D eigenvalue weighted by molar-refractivity contribution is 7.80. The van der Waals surface area contributed by atoms with Crippen LogP contribution in [0.2, 0.25) is 0 Å². The zero-order chi connectivity index (χ0) is 13.8. The zero-order valence-corrected chi connectivity index (χ0v) is 11.8. The summed E-state index contributed by atoms with van der Waals surface area (Å²) in [6.45, 7) is 2.25. The number of thiol groups is 1. The average molecular weight is 283 g/mol. The molecule has 1 heterocycles. The van der Waals surface area contributed by atoms with Crippen LogP contribution in [0, 0.1) is 11.7 Å². The molecule has 1 amide bonds. The highest BCUT2D eigenvalue weighted by atomic mass is 32.1. The van der Waals surface area contributed by atoms with Crippen LogP contribution in [0.15, 0.2) is 23.1 Å². The van der Waals surface area contributed by atoms with Crippen molar-refractivity contribution in [2.75, 3.05) is 26.8 Å². The smallest absolute Gasteiger partial charge is 0.253 e. The number of rotatable bonds is 3. The highest BCUT2D eigenvalue weighted by Crippen LogP contribution is 2.18. The van der Waals surface area contributed by atoms with Gasteiger partial charge in [-0.1, -0.05) is 0 Å². The molecular formula is C14H18FNO2S. The van der Waals surface area contributed by atoms with E-state index in [0.717, 1.165) is 26.1 Å². The summed E-state index contributed by atoms with van der Waals surface area (Å²) in [5, 5.41) is 0. The standard InChI is InChI=1S/C14H18FNO2S/c1-16(9-10-4-6-18-7-5-10)14(17)11-2-3-12(15)13(19)8-11/h2-3,8,10,19H,4-7,9H2,1H3. The number of hydrogen-bond donors (Lipinski definition) is 1. The molecule has 1 aromatic rings. The zero-order valence-electron chi connectivity index (χ0n) is 10.9. The molecule has 1 aliphatic heterocycles. The lowest BCUT2D eigenvalue weighted by Gasteiger charge is -2.27. The summed E-state index contributed by atoms with van der Waals surface area (Å²) in [5.74, 6) is -0.0209. The number of nitrogens with zero attached hydrogens (tertiary/aromatic N) is 1. The van der Waals surface area contributed by atoms with E-state index in [1.54, 1.807) is 11.9 Å². The molecule has 0 N–H and O–H groups in total. The van der Waals surface area contributed by atoms with Crippen LogP contribution in [0.1, 0.15) is 23.2 Å². The van der Waals surface area contributed by atoms with Crippen molar-refractivity contribution >= 4 is 18.5 Å². The lowest BCUT2D eigenvalue weighted by atomic mass is 9.99. The number of benzene rings is 1. The summed E-state index contributed by atoms with van der Waals surface area (Å²) in [6, 6.07) is 4.25. The highest BCUT2D eigenvalue weighted by Gasteiger charge is 2.19. The maximum absolute atomic E-state index is 13.1. The van der Waals surface area contributed by atoms with Crippen LogP contribution in [0.4, 0.5) is 4.39 Å². The van der Waals surface area contributed by atoms with Gasteiger partial charge in [0.05, 0.1) is 0 Å². The van der Waals surface area contributed by atoms with Gasteiger partial charge in [-0.3, -0.25) is 4.79 Å². The van der Waals surface area contributed by atoms with Crippen molar-refractivity contribution in [2.24, 2.45) is 5.92 Å². The van der Waals surface area contributed by atoms with E-state index in [9.17, 15) is 9.18 Å². The third kappa shape index (κ3) is 3.70. The maximum atomic E-state index is 13.1. The monoisotopic (exact) mass is 283 g/mol. The van der Waals surface area contributed by atoms with Gasteiger partial charge in [-0.15, -0.1) is 12.6 Å². The Bertz CT molecular complexity index is 461. The van der Waals surface area contributed by atoms with E-state index in [2.05, 4.69) is 12.6 Å². The predicted octanol–water partition coefficient (Wildman–Crippen LogP) is 2.61. The molecule has 19 heavy (non-hydrogen) atoms. The molecule has 0 saturated carbocycles. The van der Waals surface area contributed by atoms with Gasteiger partial charge in [-0.2, -0.15) is 0 Å². The first-order valence-corrected chi connectivity index (χ1v) is 6.84. The van der Waals surface area contributed by atoms with Gasteiger partial charge in [-0.25, -0.2) is 4.39 Å². The summed E-state index contributed by atoms with van der Waals surface area (Å²) in [4.78, 5) is 14.1. The maximum Gasteiger partial charge on any atom is 0.253 e. The van der Waals surface area contributed by atoms with Crippen molar-refractivity contribution in [3.63, 3.8) is 0 Å². The van der Waals surface area contributed by atoms with E-state index in [-0.39, 0.29) is 10.8 Å². The lowest BCUT2D eigenvalue weighted by Crippen LogP contribution is -2.34. The molecule has 0 aliphatic carbocycles. The lowest BCUT2D eigenvalue weighted by molar-refractivity contribution is 0.0497.